The second-order valence-corrected chi connectivity index (χ2v) is 6.74. The molecular formula is C20H18N2O3S. The molecule has 0 fully saturated rings. The van der Waals surface area contributed by atoms with Gasteiger partial charge >= 0.3 is 0 Å². The minimum Gasteiger partial charge on any atom is -0.483 e. The van der Waals surface area contributed by atoms with Gasteiger partial charge in [0.05, 0.1) is 5.56 Å². The standard InChI is InChI=1S/C20H18N2O3S/c1-13-7-5-6-10-16(13)25-12-18(23)22-20-15(19(21)24)11-17(26-20)14-8-3-2-4-9-14/h2-11H,12H2,1H3,(H2,21,24)(H,22,23). The predicted octanol–water partition coefficient (Wildman–Crippen LogP) is 3.84. The highest BCUT2D eigenvalue weighted by molar-refractivity contribution is 7.20. The summed E-state index contributed by atoms with van der Waals surface area (Å²) in [6, 6.07) is 18.8. The van der Waals surface area contributed by atoms with Gasteiger partial charge in [0.2, 0.25) is 0 Å². The van der Waals surface area contributed by atoms with Gasteiger partial charge in [-0.1, -0.05) is 48.5 Å². The van der Waals surface area contributed by atoms with Gasteiger partial charge in [-0.15, -0.1) is 11.3 Å². The van der Waals surface area contributed by atoms with Crippen LogP contribution in [0.15, 0.2) is 60.7 Å². The van der Waals surface area contributed by atoms with Gasteiger partial charge in [0, 0.05) is 4.88 Å². The Morgan fingerprint density at radius 1 is 1.08 bits per heavy atom. The molecule has 3 rings (SSSR count). The van der Waals surface area contributed by atoms with Gasteiger partial charge in [0.25, 0.3) is 11.8 Å². The van der Waals surface area contributed by atoms with Crippen molar-refractivity contribution in [2.24, 2.45) is 5.73 Å². The number of benzene rings is 2. The van der Waals surface area contributed by atoms with E-state index in [-0.39, 0.29) is 18.1 Å². The van der Waals surface area contributed by atoms with Crippen LogP contribution >= 0.6 is 11.3 Å². The number of hydrogen-bond donors (Lipinski definition) is 2. The number of amides is 2. The second-order valence-electron chi connectivity index (χ2n) is 5.69. The average molecular weight is 366 g/mol. The number of rotatable bonds is 6. The number of carbonyl (C=O) groups is 2. The van der Waals surface area contributed by atoms with Crippen molar-refractivity contribution in [1.29, 1.82) is 0 Å². The molecule has 26 heavy (non-hydrogen) atoms. The summed E-state index contributed by atoms with van der Waals surface area (Å²) in [7, 11) is 0. The maximum Gasteiger partial charge on any atom is 0.262 e. The van der Waals surface area contributed by atoms with Crippen molar-refractivity contribution in [2.45, 2.75) is 6.92 Å². The van der Waals surface area contributed by atoms with E-state index in [1.807, 2.05) is 55.5 Å². The molecule has 3 aromatic rings. The van der Waals surface area contributed by atoms with Crippen molar-refractivity contribution >= 4 is 28.2 Å². The lowest BCUT2D eigenvalue weighted by Gasteiger charge is -2.09. The first-order chi connectivity index (χ1) is 12.5. The quantitative estimate of drug-likeness (QED) is 0.695. The molecule has 0 aliphatic heterocycles. The number of anilines is 1. The van der Waals surface area contributed by atoms with Crippen LogP contribution in [0.25, 0.3) is 10.4 Å². The number of ether oxygens (including phenoxy) is 1. The molecule has 0 aliphatic carbocycles. The van der Waals surface area contributed by atoms with Gasteiger partial charge in [-0.25, -0.2) is 0 Å². The molecule has 0 saturated carbocycles. The fourth-order valence-corrected chi connectivity index (χ4v) is 3.52. The van der Waals surface area contributed by atoms with E-state index >= 15 is 0 Å². The molecule has 2 aromatic carbocycles. The summed E-state index contributed by atoms with van der Waals surface area (Å²) >= 11 is 1.31. The Morgan fingerprint density at radius 2 is 1.77 bits per heavy atom. The average Bonchev–Trinajstić information content (AvgIpc) is 3.06. The third-order valence-electron chi connectivity index (χ3n) is 3.76. The molecule has 0 atom stereocenters. The Hall–Kier alpha value is -3.12. The zero-order valence-electron chi connectivity index (χ0n) is 14.2. The third-order valence-corrected chi connectivity index (χ3v) is 4.86. The Bertz CT molecular complexity index is 935. The van der Waals surface area contributed by atoms with Crippen LogP contribution in [0.1, 0.15) is 15.9 Å². The highest BCUT2D eigenvalue weighted by atomic mass is 32.1. The van der Waals surface area contributed by atoms with E-state index in [2.05, 4.69) is 5.32 Å². The molecule has 0 saturated heterocycles. The summed E-state index contributed by atoms with van der Waals surface area (Å²) in [5, 5.41) is 3.15. The summed E-state index contributed by atoms with van der Waals surface area (Å²) in [4.78, 5) is 24.8. The molecule has 0 aliphatic rings. The van der Waals surface area contributed by atoms with Gasteiger partial charge < -0.3 is 15.8 Å². The number of aryl methyl sites for hydroxylation is 1. The first kappa shape index (κ1) is 17.7. The molecule has 6 heteroatoms. The normalized spacial score (nSPS) is 10.3. The van der Waals surface area contributed by atoms with Crippen molar-refractivity contribution in [1.82, 2.24) is 0 Å². The van der Waals surface area contributed by atoms with Gasteiger partial charge in [-0.05, 0) is 30.2 Å². The summed E-state index contributed by atoms with van der Waals surface area (Å²) in [6.07, 6.45) is 0. The summed E-state index contributed by atoms with van der Waals surface area (Å²) in [5.74, 6) is -0.287. The highest BCUT2D eigenvalue weighted by Crippen LogP contribution is 2.35. The van der Waals surface area contributed by atoms with Crippen LogP contribution in [-0.2, 0) is 4.79 Å². The predicted molar refractivity (Wildman–Crippen MR) is 104 cm³/mol. The molecule has 3 N–H and O–H groups in total. The van der Waals surface area contributed by atoms with Crippen molar-refractivity contribution in [2.75, 3.05) is 11.9 Å². The van der Waals surface area contributed by atoms with E-state index in [4.69, 9.17) is 10.5 Å². The smallest absolute Gasteiger partial charge is 0.262 e. The Balaban J connectivity index is 1.74. The number of hydrogen-bond acceptors (Lipinski definition) is 4. The van der Waals surface area contributed by atoms with E-state index in [9.17, 15) is 9.59 Å². The van der Waals surface area contributed by atoms with Crippen LogP contribution in [0, 0.1) is 6.92 Å². The molecule has 1 heterocycles. The Morgan fingerprint density at radius 3 is 2.46 bits per heavy atom. The van der Waals surface area contributed by atoms with E-state index in [0.29, 0.717) is 10.8 Å². The molecular weight excluding hydrogens is 348 g/mol. The molecule has 1 aromatic heterocycles. The fraction of sp³-hybridized carbons (Fsp3) is 0.100. The van der Waals surface area contributed by atoms with Crippen LogP contribution in [0.3, 0.4) is 0 Å². The van der Waals surface area contributed by atoms with Crippen molar-refractivity contribution < 1.29 is 14.3 Å². The maximum absolute atomic E-state index is 12.2. The molecule has 5 nitrogen and oxygen atoms in total. The van der Waals surface area contributed by atoms with Crippen LogP contribution < -0.4 is 15.8 Å². The van der Waals surface area contributed by atoms with Crippen molar-refractivity contribution in [3.05, 3.63) is 71.8 Å². The van der Waals surface area contributed by atoms with E-state index in [0.717, 1.165) is 16.0 Å². The SMILES string of the molecule is Cc1ccccc1OCC(=O)Nc1sc(-c2ccccc2)cc1C(N)=O. The van der Waals surface area contributed by atoms with Gasteiger partial charge in [-0.2, -0.15) is 0 Å². The summed E-state index contributed by atoms with van der Waals surface area (Å²) < 4.78 is 5.54. The summed E-state index contributed by atoms with van der Waals surface area (Å²) in [6.45, 7) is 1.76. The molecule has 0 unspecified atom stereocenters. The zero-order chi connectivity index (χ0) is 18.5. The third kappa shape index (κ3) is 4.10. The minimum absolute atomic E-state index is 0.151. The molecule has 0 spiro atoms. The number of nitrogens with one attached hydrogen (secondary N) is 1. The van der Waals surface area contributed by atoms with E-state index in [1.165, 1.54) is 11.3 Å². The zero-order valence-corrected chi connectivity index (χ0v) is 15.0. The maximum atomic E-state index is 12.2. The largest absolute Gasteiger partial charge is 0.483 e. The van der Waals surface area contributed by atoms with Crippen LogP contribution in [0.4, 0.5) is 5.00 Å². The molecule has 132 valence electrons. The summed E-state index contributed by atoms with van der Waals surface area (Å²) in [5.41, 5.74) is 7.64. The Kier molecular flexibility index (Phi) is 5.34. The van der Waals surface area contributed by atoms with E-state index in [1.54, 1.807) is 12.1 Å². The van der Waals surface area contributed by atoms with Crippen LogP contribution in [0.5, 0.6) is 5.75 Å². The van der Waals surface area contributed by atoms with Crippen molar-refractivity contribution in [3.8, 4) is 16.2 Å². The van der Waals surface area contributed by atoms with Gasteiger partial charge in [-0.3, -0.25) is 9.59 Å². The Labute approximate surface area is 155 Å². The highest BCUT2D eigenvalue weighted by Gasteiger charge is 2.17. The number of nitrogens with two attached hydrogens (primary N) is 1. The fourth-order valence-electron chi connectivity index (χ4n) is 2.44. The lowest BCUT2D eigenvalue weighted by molar-refractivity contribution is -0.118. The van der Waals surface area contributed by atoms with Crippen LogP contribution in [-0.4, -0.2) is 18.4 Å². The molecule has 0 bridgehead atoms. The minimum atomic E-state index is -0.585. The second kappa shape index (κ2) is 7.84. The van der Waals surface area contributed by atoms with Crippen molar-refractivity contribution in [3.63, 3.8) is 0 Å². The lowest BCUT2D eigenvalue weighted by atomic mass is 10.1. The lowest BCUT2D eigenvalue weighted by Crippen LogP contribution is -2.22. The molecule has 2 amide bonds. The molecule has 0 radical (unpaired) electrons. The first-order valence-electron chi connectivity index (χ1n) is 8.02. The topological polar surface area (TPSA) is 81.4 Å². The number of thiophene rings is 1. The van der Waals surface area contributed by atoms with Crippen LogP contribution in [0.2, 0.25) is 0 Å². The van der Waals surface area contributed by atoms with Gasteiger partial charge in [0.15, 0.2) is 6.61 Å². The first-order valence-corrected chi connectivity index (χ1v) is 8.83. The number of carbonyl (C=O) groups excluding carboxylic acids is 2. The van der Waals surface area contributed by atoms with E-state index < -0.39 is 5.91 Å². The monoisotopic (exact) mass is 366 g/mol. The van der Waals surface area contributed by atoms with Gasteiger partial charge in [0.1, 0.15) is 10.8 Å². The number of primary amides is 1. The number of para-hydroxylation sites is 1.